The van der Waals surface area contributed by atoms with E-state index >= 15 is 0 Å². The molecule has 186 valence electrons. The summed E-state index contributed by atoms with van der Waals surface area (Å²) in [6.07, 6.45) is 1.67. The van der Waals surface area contributed by atoms with E-state index in [9.17, 15) is 18.0 Å². The van der Waals surface area contributed by atoms with Crippen LogP contribution in [0, 0.1) is 0 Å². The third kappa shape index (κ3) is 7.65. The summed E-state index contributed by atoms with van der Waals surface area (Å²) < 4.78 is 26.0. The number of carbonyl (C=O) groups excluding carboxylic acids is 2. The van der Waals surface area contributed by atoms with Crippen LogP contribution in [0.4, 0.5) is 5.69 Å². The molecule has 1 atom stereocenters. The highest BCUT2D eigenvalue weighted by Gasteiger charge is 2.31. The summed E-state index contributed by atoms with van der Waals surface area (Å²) in [5.74, 6) is -0.992. The third-order valence-electron chi connectivity index (χ3n) is 4.91. The first-order valence-electron chi connectivity index (χ1n) is 10.3. The number of sulfonamides is 1. The topological polar surface area (TPSA) is 86.8 Å². The Morgan fingerprint density at radius 2 is 1.65 bits per heavy atom. The number of hydrogen-bond acceptors (Lipinski definition) is 4. The Labute approximate surface area is 220 Å². The van der Waals surface area contributed by atoms with E-state index in [1.165, 1.54) is 23.1 Å². The summed E-state index contributed by atoms with van der Waals surface area (Å²) in [4.78, 5) is 27.4. The summed E-state index contributed by atoms with van der Waals surface area (Å²) in [6.45, 7) is 3.31. The van der Waals surface area contributed by atoms with Gasteiger partial charge in [0.15, 0.2) is 0 Å². The van der Waals surface area contributed by atoms with Crippen LogP contribution in [0.5, 0.6) is 0 Å². The van der Waals surface area contributed by atoms with Crippen LogP contribution < -0.4 is 9.62 Å². The Hall–Kier alpha value is -1.71. The van der Waals surface area contributed by atoms with Crippen LogP contribution in [0.2, 0.25) is 20.1 Å². The summed E-state index contributed by atoms with van der Waals surface area (Å²) >= 11 is 24.4. The highest BCUT2D eigenvalue weighted by Crippen LogP contribution is 2.31. The van der Waals surface area contributed by atoms with E-state index in [0.717, 1.165) is 10.6 Å². The first kappa shape index (κ1) is 28.5. The van der Waals surface area contributed by atoms with Crippen molar-refractivity contribution < 1.29 is 18.0 Å². The van der Waals surface area contributed by atoms with E-state index < -0.39 is 28.5 Å². The molecule has 0 aliphatic carbocycles. The van der Waals surface area contributed by atoms with E-state index in [1.807, 2.05) is 6.92 Å². The first-order valence-corrected chi connectivity index (χ1v) is 13.6. The maximum absolute atomic E-state index is 13.5. The van der Waals surface area contributed by atoms with Gasteiger partial charge in [0.25, 0.3) is 0 Å². The number of halogens is 4. The first-order chi connectivity index (χ1) is 15.8. The molecule has 0 radical (unpaired) electrons. The normalized spacial score (nSPS) is 12.2. The maximum atomic E-state index is 13.5. The molecule has 2 rings (SSSR count). The molecule has 2 aromatic carbocycles. The van der Waals surface area contributed by atoms with Crippen molar-refractivity contribution in [3.8, 4) is 0 Å². The second-order valence-electron chi connectivity index (χ2n) is 7.60. The van der Waals surface area contributed by atoms with E-state index in [4.69, 9.17) is 46.4 Å². The van der Waals surface area contributed by atoms with Crippen LogP contribution in [0.3, 0.4) is 0 Å². The largest absolute Gasteiger partial charge is 0.354 e. The molecule has 0 saturated heterocycles. The predicted octanol–water partition coefficient (Wildman–Crippen LogP) is 5.01. The van der Waals surface area contributed by atoms with E-state index in [1.54, 1.807) is 25.1 Å². The molecule has 34 heavy (non-hydrogen) atoms. The fourth-order valence-electron chi connectivity index (χ4n) is 3.08. The van der Waals surface area contributed by atoms with Gasteiger partial charge in [0.2, 0.25) is 21.8 Å². The van der Waals surface area contributed by atoms with E-state index in [-0.39, 0.29) is 33.2 Å². The van der Waals surface area contributed by atoms with Crippen molar-refractivity contribution >= 4 is 73.9 Å². The van der Waals surface area contributed by atoms with Gasteiger partial charge in [0.1, 0.15) is 12.6 Å². The lowest BCUT2D eigenvalue weighted by atomic mass is 10.1. The number of carbonyl (C=O) groups is 2. The minimum Gasteiger partial charge on any atom is -0.354 e. The lowest BCUT2D eigenvalue weighted by Gasteiger charge is -2.31. The second-order valence-corrected chi connectivity index (χ2v) is 11.2. The molecule has 0 bridgehead atoms. The molecule has 0 saturated carbocycles. The van der Waals surface area contributed by atoms with Crippen LogP contribution in [0.1, 0.15) is 25.8 Å². The molecule has 2 aromatic rings. The van der Waals surface area contributed by atoms with Crippen molar-refractivity contribution in [2.75, 3.05) is 23.7 Å². The van der Waals surface area contributed by atoms with E-state index in [0.29, 0.717) is 23.6 Å². The zero-order chi connectivity index (χ0) is 25.6. The Balaban J connectivity index is 2.44. The van der Waals surface area contributed by atoms with Gasteiger partial charge in [-0.3, -0.25) is 13.9 Å². The van der Waals surface area contributed by atoms with Crippen LogP contribution in [-0.4, -0.2) is 50.5 Å². The molecule has 0 aliphatic heterocycles. The minimum absolute atomic E-state index is 0.00266. The Morgan fingerprint density at radius 3 is 2.24 bits per heavy atom. The highest BCUT2D eigenvalue weighted by atomic mass is 35.5. The number of nitrogens with one attached hydrogen (secondary N) is 1. The fraction of sp³-hybridized carbons (Fsp3) is 0.364. The molecule has 0 spiro atoms. The number of rotatable bonds is 10. The molecule has 0 heterocycles. The molecule has 2 amide bonds. The molecule has 0 aromatic heterocycles. The molecule has 0 aliphatic rings. The lowest BCUT2D eigenvalue weighted by Crippen LogP contribution is -2.51. The number of amides is 2. The van der Waals surface area contributed by atoms with E-state index in [2.05, 4.69) is 5.32 Å². The third-order valence-corrected chi connectivity index (χ3v) is 7.33. The Morgan fingerprint density at radius 1 is 1.00 bits per heavy atom. The van der Waals surface area contributed by atoms with Crippen molar-refractivity contribution in [1.29, 1.82) is 0 Å². The van der Waals surface area contributed by atoms with Gasteiger partial charge in [0, 0.05) is 18.1 Å². The Bertz CT molecular complexity index is 1160. The van der Waals surface area contributed by atoms with Crippen molar-refractivity contribution in [3.63, 3.8) is 0 Å². The Kier molecular flexibility index (Phi) is 10.3. The number of benzene rings is 2. The molecular weight excluding hydrogens is 544 g/mol. The zero-order valence-corrected chi connectivity index (χ0v) is 22.7. The molecular formula is C22H25Cl4N3O4S. The van der Waals surface area contributed by atoms with Gasteiger partial charge in [0.05, 0.1) is 27.0 Å². The molecule has 0 fully saturated rings. The SMILES string of the molecule is CCCNC(=O)[C@@H](C)N(Cc1ccc(Cl)c(Cl)c1)C(=O)CN(c1cc(Cl)ccc1Cl)S(C)(=O)=O. The average molecular weight is 569 g/mol. The maximum Gasteiger partial charge on any atom is 0.244 e. The second kappa shape index (κ2) is 12.3. The standard InChI is InChI=1S/C22H25Cl4N3O4S/c1-4-9-27-22(31)14(2)28(12-15-5-7-17(24)19(26)10-15)21(30)13-29(34(3,32)33)20-11-16(23)6-8-18(20)25/h5-8,10-11,14H,4,9,12-13H2,1-3H3,(H,27,31)/t14-/m1/s1. The van der Waals surface area contributed by atoms with Crippen molar-refractivity contribution in [2.24, 2.45) is 0 Å². The zero-order valence-electron chi connectivity index (χ0n) is 18.8. The lowest BCUT2D eigenvalue weighted by molar-refractivity contribution is -0.139. The van der Waals surface area contributed by atoms with Gasteiger partial charge >= 0.3 is 0 Å². The van der Waals surface area contributed by atoms with Gasteiger partial charge in [-0.05, 0) is 49.2 Å². The number of hydrogen-bond donors (Lipinski definition) is 1. The molecule has 12 heteroatoms. The van der Waals surface area contributed by atoms with Crippen molar-refractivity contribution in [1.82, 2.24) is 10.2 Å². The number of nitrogens with zero attached hydrogens (tertiary/aromatic N) is 2. The van der Waals surface area contributed by atoms with Crippen molar-refractivity contribution in [3.05, 3.63) is 62.1 Å². The van der Waals surface area contributed by atoms with Crippen molar-refractivity contribution in [2.45, 2.75) is 32.9 Å². The summed E-state index contributed by atoms with van der Waals surface area (Å²) in [7, 11) is -3.93. The average Bonchev–Trinajstić information content (AvgIpc) is 2.76. The number of anilines is 1. The smallest absolute Gasteiger partial charge is 0.244 e. The van der Waals surface area contributed by atoms with Gasteiger partial charge in [-0.2, -0.15) is 0 Å². The molecule has 7 nitrogen and oxygen atoms in total. The highest BCUT2D eigenvalue weighted by molar-refractivity contribution is 7.92. The van der Waals surface area contributed by atoms with Gasteiger partial charge in [-0.25, -0.2) is 8.42 Å². The summed E-state index contributed by atoms with van der Waals surface area (Å²) in [5, 5.41) is 3.74. The fourth-order valence-corrected chi connectivity index (χ4v) is 4.69. The van der Waals surface area contributed by atoms with Gasteiger partial charge < -0.3 is 10.2 Å². The summed E-state index contributed by atoms with van der Waals surface area (Å²) in [6, 6.07) is 8.25. The predicted molar refractivity (Wildman–Crippen MR) is 138 cm³/mol. The monoisotopic (exact) mass is 567 g/mol. The quantitative estimate of drug-likeness (QED) is 0.436. The summed E-state index contributed by atoms with van der Waals surface area (Å²) in [5.41, 5.74) is 0.673. The van der Waals surface area contributed by atoms with Crippen LogP contribution in [0.25, 0.3) is 0 Å². The minimum atomic E-state index is -3.93. The van der Waals surface area contributed by atoms with Gasteiger partial charge in [-0.1, -0.05) is 59.4 Å². The molecule has 0 unspecified atom stereocenters. The van der Waals surface area contributed by atoms with Crippen LogP contribution in [0.15, 0.2) is 36.4 Å². The molecule has 1 N–H and O–H groups in total. The van der Waals surface area contributed by atoms with Gasteiger partial charge in [-0.15, -0.1) is 0 Å². The van der Waals surface area contributed by atoms with Crippen LogP contribution in [-0.2, 0) is 26.2 Å². The van der Waals surface area contributed by atoms with Crippen LogP contribution >= 0.6 is 46.4 Å².